The van der Waals surface area contributed by atoms with Crippen LogP contribution < -0.4 is 61.8 Å². The van der Waals surface area contributed by atoms with Crippen LogP contribution in [-0.4, -0.2) is 55.9 Å². The molecule has 3 rings (SSSR count). The van der Waals surface area contributed by atoms with Gasteiger partial charge in [-0.3, -0.25) is 14.4 Å². The maximum Gasteiger partial charge on any atom is 1.00 e. The van der Waals surface area contributed by atoms with Crippen LogP contribution in [0.3, 0.4) is 0 Å². The Labute approximate surface area is 235 Å². The summed E-state index contributed by atoms with van der Waals surface area (Å²) >= 11 is 7.76. The third kappa shape index (κ3) is 5.50. The summed E-state index contributed by atoms with van der Waals surface area (Å²) in [6, 6.07) is 4.14. The SMILES string of the molecule is CC1(C)S[C@@H]2[C@H](NC(=O)CC(SC#N)C(=O)c3ccc(Cl)cc3)C(=O)N2[C@H]1C(=O)[O-].[K+]. The van der Waals surface area contributed by atoms with E-state index in [1.165, 1.54) is 40.9 Å². The molecule has 8 nitrogen and oxygen atoms in total. The second-order valence-electron chi connectivity index (χ2n) is 7.40. The van der Waals surface area contributed by atoms with Crippen LogP contribution in [0.5, 0.6) is 0 Å². The first-order valence-corrected chi connectivity index (χ1v) is 11.1. The fraction of sp³-hybridized carbons (Fsp3) is 0.421. The number of fused-ring (bicyclic) bond motifs is 1. The number of carboxylic acids is 1. The minimum Gasteiger partial charge on any atom is -0.548 e. The second kappa shape index (κ2) is 10.6. The number of benzene rings is 1. The second-order valence-corrected chi connectivity index (χ2v) is 10.6. The van der Waals surface area contributed by atoms with E-state index in [9.17, 15) is 24.3 Å². The maximum absolute atomic E-state index is 12.7. The number of rotatable bonds is 7. The number of β-lactam (4-membered cyclic amide) rings is 1. The van der Waals surface area contributed by atoms with Gasteiger partial charge in [0.2, 0.25) is 11.8 Å². The summed E-state index contributed by atoms with van der Waals surface area (Å²) in [5, 5.41) is 23.8. The molecule has 2 saturated heterocycles. The van der Waals surface area contributed by atoms with Gasteiger partial charge in [0.15, 0.2) is 5.78 Å². The molecule has 1 unspecified atom stereocenters. The van der Waals surface area contributed by atoms with Crippen molar-refractivity contribution in [2.75, 3.05) is 0 Å². The van der Waals surface area contributed by atoms with Crippen molar-refractivity contribution in [1.29, 1.82) is 5.26 Å². The molecular weight excluding hydrogens is 489 g/mol. The number of hydrogen-bond donors (Lipinski definition) is 1. The minimum atomic E-state index is -1.34. The number of amides is 2. The van der Waals surface area contributed by atoms with Gasteiger partial charge in [0.05, 0.1) is 17.3 Å². The minimum absolute atomic E-state index is 0. The predicted molar refractivity (Wildman–Crippen MR) is 110 cm³/mol. The molecule has 2 aliphatic rings. The van der Waals surface area contributed by atoms with E-state index in [2.05, 4.69) is 5.32 Å². The van der Waals surface area contributed by atoms with Crippen LogP contribution in [0, 0.1) is 10.7 Å². The third-order valence-electron chi connectivity index (χ3n) is 4.97. The van der Waals surface area contributed by atoms with E-state index in [0.29, 0.717) is 22.3 Å². The molecular formula is C19H17ClKN3O5S2. The number of hydrogen-bond acceptors (Lipinski definition) is 8. The fourth-order valence-electron chi connectivity index (χ4n) is 3.58. The quantitative estimate of drug-likeness (QED) is 0.191. The van der Waals surface area contributed by atoms with Gasteiger partial charge in [0.1, 0.15) is 16.8 Å². The number of ketones is 1. The third-order valence-corrected chi connectivity index (χ3v) is 7.56. The van der Waals surface area contributed by atoms with Crippen LogP contribution >= 0.6 is 35.1 Å². The van der Waals surface area contributed by atoms with Gasteiger partial charge in [-0.05, 0) is 49.9 Å². The molecule has 0 saturated carbocycles. The Morgan fingerprint density at radius 3 is 2.52 bits per heavy atom. The van der Waals surface area contributed by atoms with Gasteiger partial charge in [0.25, 0.3) is 0 Å². The molecule has 2 heterocycles. The van der Waals surface area contributed by atoms with Gasteiger partial charge >= 0.3 is 51.4 Å². The first-order chi connectivity index (χ1) is 14.1. The smallest absolute Gasteiger partial charge is 0.548 e. The molecule has 0 bridgehead atoms. The van der Waals surface area contributed by atoms with Crippen LogP contribution in [-0.2, 0) is 14.4 Å². The molecule has 1 N–H and O–H groups in total. The van der Waals surface area contributed by atoms with E-state index in [1.807, 2.05) is 5.40 Å². The Balaban J connectivity index is 0.00000341. The normalized spacial score (nSPS) is 24.1. The molecule has 12 heteroatoms. The van der Waals surface area contributed by atoms with Crippen LogP contribution in [0.1, 0.15) is 30.6 Å². The van der Waals surface area contributed by atoms with Gasteiger partial charge in [-0.2, -0.15) is 5.26 Å². The number of nitriles is 1. The zero-order chi connectivity index (χ0) is 22.2. The molecule has 158 valence electrons. The van der Waals surface area contributed by atoms with E-state index in [-0.39, 0.29) is 57.8 Å². The Morgan fingerprint density at radius 1 is 1.35 bits per heavy atom. The summed E-state index contributed by atoms with van der Waals surface area (Å²) in [7, 11) is 0. The summed E-state index contributed by atoms with van der Waals surface area (Å²) in [5.74, 6) is -2.82. The molecule has 31 heavy (non-hydrogen) atoms. The van der Waals surface area contributed by atoms with Gasteiger partial charge in [-0.25, -0.2) is 0 Å². The molecule has 0 spiro atoms. The Bertz CT molecular complexity index is 953. The average molecular weight is 506 g/mol. The predicted octanol–water partition coefficient (Wildman–Crippen LogP) is -2.20. The molecule has 1 aromatic rings. The summed E-state index contributed by atoms with van der Waals surface area (Å²) in [4.78, 5) is 50.3. The Morgan fingerprint density at radius 2 is 1.97 bits per heavy atom. The number of carbonyl (C=O) groups excluding carboxylic acids is 4. The Kier molecular flexibility index (Phi) is 9.09. The van der Waals surface area contributed by atoms with Crippen molar-refractivity contribution in [1.82, 2.24) is 10.2 Å². The number of thiocyanates is 1. The van der Waals surface area contributed by atoms with Crippen molar-refractivity contribution >= 4 is 58.7 Å². The van der Waals surface area contributed by atoms with E-state index in [4.69, 9.17) is 16.9 Å². The van der Waals surface area contributed by atoms with Crippen molar-refractivity contribution in [2.45, 2.75) is 47.7 Å². The van der Waals surface area contributed by atoms with Crippen molar-refractivity contribution in [3.05, 3.63) is 34.9 Å². The number of nitrogens with one attached hydrogen (secondary N) is 1. The molecule has 0 aromatic heterocycles. The van der Waals surface area contributed by atoms with Crippen LogP contribution in [0.15, 0.2) is 24.3 Å². The van der Waals surface area contributed by atoms with Crippen molar-refractivity contribution < 1.29 is 75.7 Å². The number of thioether (sulfide) groups is 2. The first kappa shape index (κ1) is 26.7. The molecule has 2 aliphatic heterocycles. The van der Waals surface area contributed by atoms with Crippen LogP contribution in [0.2, 0.25) is 5.02 Å². The molecule has 2 amide bonds. The number of Topliss-reactive ketones (excluding diaryl/α,β-unsaturated/α-hetero) is 1. The largest absolute Gasteiger partial charge is 1.00 e. The summed E-state index contributed by atoms with van der Waals surface area (Å²) in [6.07, 6.45) is -0.297. The average Bonchev–Trinajstić information content (AvgIpc) is 2.94. The maximum atomic E-state index is 12.7. The number of nitrogens with zero attached hydrogens (tertiary/aromatic N) is 2. The van der Waals surface area contributed by atoms with Gasteiger partial charge in [0, 0.05) is 21.8 Å². The van der Waals surface area contributed by atoms with Gasteiger partial charge in [-0.15, -0.1) is 11.8 Å². The zero-order valence-electron chi connectivity index (χ0n) is 17.0. The number of carbonyl (C=O) groups is 4. The number of carboxylic acid groups (broad SMARTS) is 1. The standard InChI is InChI=1S/C19H18ClN3O5S2.K/c1-19(2)15(18(27)28)23-16(26)13(17(23)30-19)22-12(24)7-11(29-8-21)14(25)9-3-5-10(20)6-4-9;/h3-6,11,13,15,17H,7H2,1-2H3,(H,22,24)(H,27,28);/q;+1/p-1/t11?,13-,15+,17-;/m1./s1. The summed E-state index contributed by atoms with van der Waals surface area (Å²) in [6.45, 7) is 3.40. The molecule has 0 radical (unpaired) electrons. The Hall–Kier alpha value is -0.584. The number of halogens is 1. The molecule has 4 atom stereocenters. The monoisotopic (exact) mass is 505 g/mol. The summed E-state index contributed by atoms with van der Waals surface area (Å²) in [5.41, 5.74) is 0.316. The zero-order valence-corrected chi connectivity index (χ0v) is 22.5. The first-order valence-electron chi connectivity index (χ1n) is 8.91. The van der Waals surface area contributed by atoms with Gasteiger partial charge < -0.3 is 20.1 Å². The fourth-order valence-corrected chi connectivity index (χ4v) is 5.93. The van der Waals surface area contributed by atoms with Crippen molar-refractivity contribution in [3.8, 4) is 5.40 Å². The van der Waals surface area contributed by atoms with E-state index >= 15 is 0 Å². The van der Waals surface area contributed by atoms with E-state index in [0.717, 1.165) is 0 Å². The van der Waals surface area contributed by atoms with Crippen molar-refractivity contribution in [2.24, 2.45) is 0 Å². The topological polar surface area (TPSA) is 130 Å². The van der Waals surface area contributed by atoms with E-state index < -0.39 is 51.0 Å². The van der Waals surface area contributed by atoms with Gasteiger partial charge in [-0.1, -0.05) is 11.6 Å². The van der Waals surface area contributed by atoms with Crippen LogP contribution in [0.25, 0.3) is 0 Å². The van der Waals surface area contributed by atoms with E-state index in [1.54, 1.807) is 13.8 Å². The molecule has 2 fully saturated rings. The van der Waals surface area contributed by atoms with Crippen molar-refractivity contribution in [3.63, 3.8) is 0 Å². The molecule has 0 aliphatic carbocycles. The number of aliphatic carboxylic acids is 1. The molecule has 1 aromatic carbocycles. The summed E-state index contributed by atoms with van der Waals surface area (Å²) < 4.78 is -0.762. The van der Waals surface area contributed by atoms with Crippen LogP contribution in [0.4, 0.5) is 0 Å².